The molecule has 5 nitrogen and oxygen atoms in total. The molecule has 0 unspecified atom stereocenters. The van der Waals surface area contributed by atoms with E-state index in [0.29, 0.717) is 6.42 Å². The number of para-hydroxylation sites is 1. The summed E-state index contributed by atoms with van der Waals surface area (Å²) in [5.74, 6) is 0.328. The second-order valence-corrected chi connectivity index (χ2v) is 7.68. The Morgan fingerprint density at radius 2 is 1.86 bits per heavy atom. The van der Waals surface area contributed by atoms with Crippen LogP contribution in [0.25, 0.3) is 0 Å². The van der Waals surface area contributed by atoms with E-state index in [0.717, 1.165) is 11.3 Å². The van der Waals surface area contributed by atoms with Crippen molar-refractivity contribution in [2.24, 2.45) is 5.92 Å². The van der Waals surface area contributed by atoms with Gasteiger partial charge in [-0.1, -0.05) is 25.1 Å². The maximum atomic E-state index is 11.8. The van der Waals surface area contributed by atoms with Crippen molar-refractivity contribution in [3.05, 3.63) is 29.8 Å². The summed E-state index contributed by atoms with van der Waals surface area (Å²) in [5.41, 5.74) is 1.01. The molecule has 1 amide bonds. The van der Waals surface area contributed by atoms with E-state index in [-0.39, 0.29) is 12.3 Å². The standard InChI is InChI=1S/C15H23NO4S/c1-11(2)21(18,19)16-15(17)10-12(3)9-13-7-5-6-8-14(13)20-4/h5-8,11-12H,9-10H2,1-4H3,(H,16,17)/t12-/m0/s1. The molecule has 0 saturated carbocycles. The number of amides is 1. The maximum Gasteiger partial charge on any atom is 0.237 e. The van der Waals surface area contributed by atoms with Crippen LogP contribution in [0.2, 0.25) is 0 Å². The van der Waals surface area contributed by atoms with E-state index >= 15 is 0 Å². The van der Waals surface area contributed by atoms with Crippen molar-refractivity contribution < 1.29 is 17.9 Å². The molecule has 0 aliphatic rings. The average Bonchev–Trinajstić information content (AvgIpc) is 2.38. The van der Waals surface area contributed by atoms with Crippen molar-refractivity contribution >= 4 is 15.9 Å². The number of hydrogen-bond acceptors (Lipinski definition) is 4. The second-order valence-electron chi connectivity index (χ2n) is 5.44. The Bertz CT molecular complexity index is 581. The topological polar surface area (TPSA) is 72.5 Å². The van der Waals surface area contributed by atoms with E-state index in [1.54, 1.807) is 7.11 Å². The van der Waals surface area contributed by atoms with Crippen molar-refractivity contribution in [1.29, 1.82) is 0 Å². The summed E-state index contributed by atoms with van der Waals surface area (Å²) in [6, 6.07) is 7.60. The van der Waals surface area contributed by atoms with E-state index < -0.39 is 21.2 Å². The first kappa shape index (κ1) is 17.5. The van der Waals surface area contributed by atoms with Gasteiger partial charge in [-0.2, -0.15) is 0 Å². The summed E-state index contributed by atoms with van der Waals surface area (Å²) in [4.78, 5) is 11.8. The lowest BCUT2D eigenvalue weighted by Gasteiger charge is -2.15. The Balaban J connectivity index is 2.62. The fourth-order valence-corrected chi connectivity index (χ4v) is 2.59. The zero-order chi connectivity index (χ0) is 16.0. The van der Waals surface area contributed by atoms with Crippen LogP contribution in [0.1, 0.15) is 32.8 Å². The van der Waals surface area contributed by atoms with E-state index in [9.17, 15) is 13.2 Å². The van der Waals surface area contributed by atoms with Crippen LogP contribution in [-0.4, -0.2) is 26.7 Å². The first-order valence-corrected chi connectivity index (χ1v) is 8.47. The summed E-state index contributed by atoms with van der Waals surface area (Å²) >= 11 is 0. The molecule has 0 aliphatic carbocycles. The van der Waals surface area contributed by atoms with Crippen LogP contribution in [0.3, 0.4) is 0 Å². The summed E-state index contributed by atoms with van der Waals surface area (Å²) in [7, 11) is -1.95. The Kier molecular flexibility index (Phi) is 6.20. The Morgan fingerprint density at radius 3 is 2.43 bits per heavy atom. The summed E-state index contributed by atoms with van der Waals surface area (Å²) in [6.45, 7) is 4.98. The third-order valence-electron chi connectivity index (χ3n) is 3.17. The second kappa shape index (κ2) is 7.45. The van der Waals surface area contributed by atoms with Crippen LogP contribution < -0.4 is 9.46 Å². The van der Waals surface area contributed by atoms with Crippen molar-refractivity contribution in [2.75, 3.05) is 7.11 Å². The summed E-state index contributed by atoms with van der Waals surface area (Å²) in [6.07, 6.45) is 0.809. The van der Waals surface area contributed by atoms with E-state index in [2.05, 4.69) is 4.72 Å². The van der Waals surface area contributed by atoms with Gasteiger partial charge in [0.1, 0.15) is 5.75 Å². The van der Waals surface area contributed by atoms with E-state index in [1.807, 2.05) is 31.2 Å². The third kappa shape index (κ3) is 5.38. The molecule has 0 aromatic heterocycles. The van der Waals surface area contributed by atoms with Crippen LogP contribution in [0.4, 0.5) is 0 Å². The van der Waals surface area contributed by atoms with Gasteiger partial charge in [-0.05, 0) is 37.8 Å². The predicted molar refractivity (Wildman–Crippen MR) is 82.7 cm³/mol. The van der Waals surface area contributed by atoms with Crippen LogP contribution in [0, 0.1) is 5.92 Å². The fourth-order valence-electron chi connectivity index (χ4n) is 1.95. The normalized spacial score (nSPS) is 13.0. The first-order valence-electron chi connectivity index (χ1n) is 6.92. The molecule has 0 spiro atoms. The molecule has 1 rings (SSSR count). The molecule has 0 fully saturated rings. The van der Waals surface area contributed by atoms with Crippen LogP contribution in [0.5, 0.6) is 5.75 Å². The van der Waals surface area contributed by atoms with Crippen LogP contribution in [-0.2, 0) is 21.2 Å². The molecule has 118 valence electrons. The Morgan fingerprint density at radius 1 is 1.24 bits per heavy atom. The highest BCUT2D eigenvalue weighted by Crippen LogP contribution is 2.22. The zero-order valence-electron chi connectivity index (χ0n) is 12.9. The molecule has 1 aromatic carbocycles. The number of ether oxygens (including phenoxy) is 1. The quantitative estimate of drug-likeness (QED) is 0.837. The molecule has 0 radical (unpaired) electrons. The fraction of sp³-hybridized carbons (Fsp3) is 0.533. The highest BCUT2D eigenvalue weighted by atomic mass is 32.2. The number of hydrogen-bond donors (Lipinski definition) is 1. The minimum absolute atomic E-state index is 0.0173. The van der Waals surface area contributed by atoms with Crippen molar-refractivity contribution in [3.8, 4) is 5.75 Å². The van der Waals surface area contributed by atoms with Gasteiger partial charge in [0.2, 0.25) is 15.9 Å². The van der Waals surface area contributed by atoms with Gasteiger partial charge < -0.3 is 4.74 Å². The highest BCUT2D eigenvalue weighted by molar-refractivity contribution is 7.90. The van der Waals surface area contributed by atoms with E-state index in [4.69, 9.17) is 4.74 Å². The van der Waals surface area contributed by atoms with Crippen molar-refractivity contribution in [2.45, 2.75) is 38.9 Å². The summed E-state index contributed by atoms with van der Waals surface area (Å²) in [5, 5.41) is -0.619. The van der Waals surface area contributed by atoms with Gasteiger partial charge in [0.25, 0.3) is 0 Å². The highest BCUT2D eigenvalue weighted by Gasteiger charge is 2.20. The van der Waals surface area contributed by atoms with Crippen molar-refractivity contribution in [3.63, 3.8) is 0 Å². The number of carbonyl (C=O) groups excluding carboxylic acids is 1. The van der Waals surface area contributed by atoms with Crippen LogP contribution in [0.15, 0.2) is 24.3 Å². The smallest absolute Gasteiger partial charge is 0.237 e. The minimum atomic E-state index is -3.55. The average molecular weight is 313 g/mol. The van der Waals surface area contributed by atoms with Crippen LogP contribution >= 0.6 is 0 Å². The molecule has 0 saturated heterocycles. The number of carbonyl (C=O) groups is 1. The third-order valence-corrected chi connectivity index (χ3v) is 4.92. The molecule has 0 bridgehead atoms. The van der Waals surface area contributed by atoms with Gasteiger partial charge in [0.15, 0.2) is 0 Å². The molecule has 21 heavy (non-hydrogen) atoms. The summed E-state index contributed by atoms with van der Waals surface area (Å²) < 4.78 is 30.6. The minimum Gasteiger partial charge on any atom is -0.496 e. The molecule has 0 aliphatic heterocycles. The largest absolute Gasteiger partial charge is 0.496 e. The zero-order valence-corrected chi connectivity index (χ0v) is 13.7. The van der Waals surface area contributed by atoms with Crippen molar-refractivity contribution in [1.82, 2.24) is 4.72 Å². The molecule has 6 heteroatoms. The first-order chi connectivity index (χ1) is 9.76. The van der Waals surface area contributed by atoms with Gasteiger partial charge in [0, 0.05) is 6.42 Å². The lowest BCUT2D eigenvalue weighted by molar-refractivity contribution is -0.120. The van der Waals surface area contributed by atoms with Gasteiger partial charge in [0.05, 0.1) is 12.4 Å². The van der Waals surface area contributed by atoms with E-state index in [1.165, 1.54) is 13.8 Å². The lowest BCUT2D eigenvalue weighted by atomic mass is 9.97. The molecule has 1 aromatic rings. The SMILES string of the molecule is COc1ccccc1C[C@H](C)CC(=O)NS(=O)(=O)C(C)C. The molecule has 0 heterocycles. The van der Waals surface area contributed by atoms with Gasteiger partial charge in [-0.15, -0.1) is 0 Å². The van der Waals surface area contributed by atoms with Gasteiger partial charge >= 0.3 is 0 Å². The molecule has 1 atom stereocenters. The molecular formula is C15H23NO4S. The number of nitrogens with one attached hydrogen (secondary N) is 1. The lowest BCUT2D eigenvalue weighted by Crippen LogP contribution is -2.36. The Hall–Kier alpha value is -1.56. The number of rotatable bonds is 7. The maximum absolute atomic E-state index is 11.8. The number of methoxy groups -OCH3 is 1. The number of sulfonamides is 1. The van der Waals surface area contributed by atoms with Gasteiger partial charge in [-0.3, -0.25) is 9.52 Å². The molecular weight excluding hydrogens is 290 g/mol. The molecule has 1 N–H and O–H groups in total. The Labute approximate surface area is 126 Å². The number of benzene rings is 1. The van der Waals surface area contributed by atoms with Gasteiger partial charge in [-0.25, -0.2) is 8.42 Å². The predicted octanol–water partition coefficient (Wildman–Crippen LogP) is 2.12. The monoisotopic (exact) mass is 313 g/mol.